The molecular formula is C10H13ClIrNO. The van der Waals surface area contributed by atoms with Crippen LogP contribution in [0, 0.1) is 7.43 Å². The van der Waals surface area contributed by atoms with Crippen LogP contribution in [0.2, 0.25) is 0 Å². The Morgan fingerprint density at radius 1 is 1.36 bits per heavy atom. The van der Waals surface area contributed by atoms with Gasteiger partial charge >= 0.3 is 27.5 Å². The number of hydrogen-bond acceptors (Lipinski definition) is 1. The van der Waals surface area contributed by atoms with Crippen LogP contribution in [0.4, 0.5) is 0 Å². The van der Waals surface area contributed by atoms with Crippen LogP contribution in [0.3, 0.4) is 0 Å². The third-order valence-electron chi connectivity index (χ3n) is 2.20. The molecule has 2 nitrogen and oxygen atoms in total. The number of hydrogen-bond donors (Lipinski definition) is 1. The van der Waals surface area contributed by atoms with Gasteiger partial charge in [-0.05, 0) is 12.0 Å². The fraction of sp³-hybridized carbons (Fsp3) is 0.300. The molecule has 1 aromatic rings. The zero-order chi connectivity index (χ0) is 9.84. The van der Waals surface area contributed by atoms with E-state index in [2.05, 4.69) is 9.58 Å². The Bertz CT molecular complexity index is 283. The van der Waals surface area contributed by atoms with Crippen LogP contribution in [0.1, 0.15) is 17.2 Å². The summed E-state index contributed by atoms with van der Waals surface area (Å²) in [6.45, 7) is 0. The van der Waals surface area contributed by atoms with Crippen molar-refractivity contribution >= 4 is 9.58 Å². The molecular weight excluding hydrogens is 378 g/mol. The minimum atomic E-state index is -0.493. The van der Waals surface area contributed by atoms with Gasteiger partial charge in [-0.15, -0.1) is 0 Å². The summed E-state index contributed by atoms with van der Waals surface area (Å²) < 4.78 is 0. The zero-order valence-corrected chi connectivity index (χ0v) is 11.0. The van der Waals surface area contributed by atoms with Crippen molar-refractivity contribution in [2.75, 3.05) is 0 Å². The van der Waals surface area contributed by atoms with Crippen molar-refractivity contribution in [2.24, 2.45) is 0 Å². The standard InChI is InChI=1S/C9H10NO.CH3.ClH.Ir/c10-9-7-4-2-1-3-6(7)5-8(9)11;;;/h1-4,8-11H,5H2;1H3;1H;/q2*-1;;+3/p-1/t8?,9-;;;/m1.../s1. The van der Waals surface area contributed by atoms with E-state index >= 15 is 0 Å². The smallest absolute Gasteiger partial charge is 0.0459 e. The maximum atomic E-state index is 9.33. The van der Waals surface area contributed by atoms with E-state index in [1.807, 2.05) is 24.3 Å². The van der Waals surface area contributed by atoms with Gasteiger partial charge in [-0.25, -0.2) is 0 Å². The molecule has 0 aliphatic heterocycles. The summed E-state index contributed by atoms with van der Waals surface area (Å²) in [5.41, 5.74) is 9.68. The van der Waals surface area contributed by atoms with Crippen molar-refractivity contribution in [1.29, 1.82) is 0 Å². The van der Waals surface area contributed by atoms with Crippen LogP contribution < -0.4 is 0 Å². The summed E-state index contributed by atoms with van der Waals surface area (Å²) in [5.74, 6) is 0. The minimum Gasteiger partial charge on any atom is -0.669 e. The molecule has 0 saturated carbocycles. The Hall–Kier alpha value is 0.0794. The number of fused-ring (bicyclic) bond motifs is 1. The van der Waals surface area contributed by atoms with E-state index in [1.165, 1.54) is 17.9 Å². The van der Waals surface area contributed by atoms with Crippen molar-refractivity contribution in [2.45, 2.75) is 18.6 Å². The van der Waals surface area contributed by atoms with E-state index in [4.69, 9.17) is 5.73 Å². The van der Waals surface area contributed by atoms with E-state index in [0.29, 0.717) is 6.42 Å². The van der Waals surface area contributed by atoms with Gasteiger partial charge in [0.2, 0.25) is 0 Å². The SMILES string of the molecule is [CH3-].[Cl][Ir+2].[NH-][C@@H]1c2ccccc2CC1O. The molecule has 4 heteroatoms. The van der Waals surface area contributed by atoms with E-state index in [0.717, 1.165) is 11.1 Å². The predicted molar refractivity (Wildman–Crippen MR) is 55.5 cm³/mol. The monoisotopic (exact) mass is 391 g/mol. The summed E-state index contributed by atoms with van der Waals surface area (Å²) in [5, 5.41) is 9.33. The van der Waals surface area contributed by atoms with E-state index in [9.17, 15) is 5.11 Å². The second kappa shape index (κ2) is 6.54. The van der Waals surface area contributed by atoms with Crippen molar-refractivity contribution in [3.8, 4) is 0 Å². The van der Waals surface area contributed by atoms with Gasteiger partial charge < -0.3 is 18.3 Å². The van der Waals surface area contributed by atoms with Gasteiger partial charge in [-0.2, -0.15) is 0 Å². The number of aliphatic hydroxyl groups is 1. The Morgan fingerprint density at radius 3 is 2.50 bits per heavy atom. The van der Waals surface area contributed by atoms with Crippen LogP contribution in [0.15, 0.2) is 24.3 Å². The van der Waals surface area contributed by atoms with Crippen LogP contribution >= 0.6 is 9.58 Å². The van der Waals surface area contributed by atoms with Gasteiger partial charge in [0.25, 0.3) is 0 Å². The molecule has 0 amide bonds. The predicted octanol–water partition coefficient (Wildman–Crippen LogP) is 2.83. The zero-order valence-electron chi connectivity index (χ0n) is 7.83. The van der Waals surface area contributed by atoms with Gasteiger partial charge in [0, 0.05) is 6.10 Å². The summed E-state index contributed by atoms with van der Waals surface area (Å²) in [6, 6.07) is 7.34. The first-order chi connectivity index (χ1) is 6.29. The molecule has 2 rings (SSSR count). The Morgan fingerprint density at radius 2 is 1.93 bits per heavy atom. The average Bonchev–Trinajstić information content (AvgIpc) is 2.47. The van der Waals surface area contributed by atoms with Crippen LogP contribution in [-0.2, 0) is 24.3 Å². The molecule has 0 fully saturated rings. The van der Waals surface area contributed by atoms with Crippen LogP contribution in [-0.4, -0.2) is 11.2 Å². The molecule has 14 heavy (non-hydrogen) atoms. The number of halogens is 1. The van der Waals surface area contributed by atoms with E-state index < -0.39 is 12.1 Å². The third kappa shape index (κ3) is 2.78. The van der Waals surface area contributed by atoms with Gasteiger partial charge in [0.05, 0.1) is 0 Å². The van der Waals surface area contributed by atoms with Crippen molar-refractivity contribution in [3.05, 3.63) is 48.6 Å². The normalized spacial score (nSPS) is 22.9. The number of aliphatic hydroxyl groups excluding tert-OH is 1. The topological polar surface area (TPSA) is 44.0 Å². The molecule has 1 aromatic carbocycles. The minimum absolute atomic E-state index is 0. The Kier molecular flexibility index (Phi) is 6.58. The van der Waals surface area contributed by atoms with Gasteiger partial charge in [-0.3, -0.25) is 0 Å². The maximum absolute atomic E-state index is 9.33. The van der Waals surface area contributed by atoms with Crippen molar-refractivity contribution in [3.63, 3.8) is 0 Å². The molecule has 1 aliphatic carbocycles. The average molecular weight is 391 g/mol. The molecule has 0 aromatic heterocycles. The van der Waals surface area contributed by atoms with Crippen molar-refractivity contribution in [1.82, 2.24) is 0 Å². The van der Waals surface area contributed by atoms with Gasteiger partial charge in [0.1, 0.15) is 0 Å². The second-order valence-electron chi connectivity index (χ2n) is 2.95. The molecule has 2 N–H and O–H groups in total. The van der Waals surface area contributed by atoms with Crippen LogP contribution in [0.5, 0.6) is 0 Å². The summed E-state index contributed by atoms with van der Waals surface area (Å²) >= 11 is 1.47. The Labute approximate surface area is 99.6 Å². The largest absolute Gasteiger partial charge is 0.669 e. The number of benzene rings is 1. The molecule has 1 aliphatic rings. The fourth-order valence-corrected chi connectivity index (χ4v) is 1.57. The fourth-order valence-electron chi connectivity index (χ4n) is 1.57. The quantitative estimate of drug-likeness (QED) is 0.680. The third-order valence-corrected chi connectivity index (χ3v) is 2.20. The van der Waals surface area contributed by atoms with Crippen LogP contribution in [0.25, 0.3) is 5.73 Å². The first-order valence-electron chi connectivity index (χ1n) is 3.88. The van der Waals surface area contributed by atoms with Gasteiger partial charge in [-0.1, -0.05) is 35.9 Å². The molecule has 0 spiro atoms. The number of nitrogens with one attached hydrogen (secondary N) is 1. The van der Waals surface area contributed by atoms with Crippen molar-refractivity contribution < 1.29 is 23.0 Å². The van der Waals surface area contributed by atoms with E-state index in [-0.39, 0.29) is 7.43 Å². The maximum Gasteiger partial charge on any atom is 0.0459 e. The molecule has 0 saturated heterocycles. The second-order valence-corrected chi connectivity index (χ2v) is 2.95. The molecule has 2 atom stereocenters. The number of rotatable bonds is 0. The molecule has 0 heterocycles. The first-order valence-corrected chi connectivity index (χ1v) is 6.85. The molecule has 1 unspecified atom stereocenters. The summed E-state index contributed by atoms with van der Waals surface area (Å²) in [4.78, 5) is 0. The molecule has 0 bridgehead atoms. The summed E-state index contributed by atoms with van der Waals surface area (Å²) in [6.07, 6.45) is 0.150. The molecule has 80 valence electrons. The molecule has 0 radical (unpaired) electrons. The first kappa shape index (κ1) is 14.1. The summed E-state index contributed by atoms with van der Waals surface area (Å²) in [7, 11) is 4.64. The Balaban J connectivity index is 0.000000531. The van der Waals surface area contributed by atoms with Gasteiger partial charge in [0.15, 0.2) is 0 Å². The van der Waals surface area contributed by atoms with E-state index in [1.54, 1.807) is 0 Å².